The Kier molecular flexibility index (Phi) is 8.73. The second-order valence-electron chi connectivity index (χ2n) is 10.6. The van der Waals surface area contributed by atoms with E-state index in [0.717, 1.165) is 12.1 Å². The highest BCUT2D eigenvalue weighted by Gasteiger charge is 2.33. The summed E-state index contributed by atoms with van der Waals surface area (Å²) in [5, 5.41) is 7.77. The number of hydrogen-bond donors (Lipinski definition) is 3. The lowest BCUT2D eigenvalue weighted by Crippen LogP contribution is -2.38. The van der Waals surface area contributed by atoms with Crippen LogP contribution in [0, 0.1) is 5.82 Å². The number of benzene rings is 3. The molecule has 1 unspecified atom stereocenters. The first kappa shape index (κ1) is 31.4. The van der Waals surface area contributed by atoms with Gasteiger partial charge in [0.05, 0.1) is 30.0 Å². The molecule has 3 aromatic carbocycles. The molecule has 1 aromatic heterocycles. The summed E-state index contributed by atoms with van der Waals surface area (Å²) in [4.78, 5) is 44.6. The van der Waals surface area contributed by atoms with Crippen LogP contribution < -0.4 is 26.4 Å². The predicted octanol–water partition coefficient (Wildman–Crippen LogP) is 4.72. The van der Waals surface area contributed by atoms with Crippen molar-refractivity contribution in [2.75, 3.05) is 30.9 Å². The van der Waals surface area contributed by atoms with Crippen molar-refractivity contribution in [2.24, 2.45) is 0 Å². The van der Waals surface area contributed by atoms with Gasteiger partial charge < -0.3 is 20.9 Å². The first-order valence-electron chi connectivity index (χ1n) is 14.1. The molecule has 2 amide bonds. The number of fused-ring (bicyclic) bond motifs is 1. The molecular formula is C32H30F4N6O3. The first-order chi connectivity index (χ1) is 21.4. The average Bonchev–Trinajstić information content (AvgIpc) is 3.44. The number of rotatable bonds is 8. The highest BCUT2D eigenvalue weighted by molar-refractivity contribution is 5.95. The van der Waals surface area contributed by atoms with Crippen LogP contribution in [-0.2, 0) is 23.9 Å². The molecule has 2 heterocycles. The van der Waals surface area contributed by atoms with Crippen LogP contribution in [0.2, 0.25) is 0 Å². The van der Waals surface area contributed by atoms with Crippen molar-refractivity contribution in [1.82, 2.24) is 20.2 Å². The molecule has 0 saturated heterocycles. The second-order valence-corrected chi connectivity index (χ2v) is 10.6. The Morgan fingerprint density at radius 2 is 1.82 bits per heavy atom. The molecule has 9 nitrogen and oxygen atoms in total. The van der Waals surface area contributed by atoms with Gasteiger partial charge in [0.15, 0.2) is 5.82 Å². The van der Waals surface area contributed by atoms with Crippen molar-refractivity contribution in [2.45, 2.75) is 32.1 Å². The van der Waals surface area contributed by atoms with Gasteiger partial charge in [0.1, 0.15) is 5.82 Å². The number of alkyl halides is 3. The van der Waals surface area contributed by atoms with E-state index in [-0.39, 0.29) is 35.2 Å². The van der Waals surface area contributed by atoms with E-state index in [4.69, 9.17) is 0 Å². The van der Waals surface area contributed by atoms with Crippen molar-refractivity contribution >= 4 is 29.0 Å². The number of likely N-dealkylation sites (N-methyl/N-ethyl adjacent to an activating group) is 1. The molecular weight excluding hydrogens is 592 g/mol. The Morgan fingerprint density at radius 3 is 2.53 bits per heavy atom. The lowest BCUT2D eigenvalue weighted by molar-refractivity contribution is -0.137. The maximum Gasteiger partial charge on any atom is 0.416 e. The van der Waals surface area contributed by atoms with Crippen molar-refractivity contribution in [1.29, 1.82) is 0 Å². The average molecular weight is 623 g/mol. The van der Waals surface area contributed by atoms with E-state index < -0.39 is 35.1 Å². The van der Waals surface area contributed by atoms with Gasteiger partial charge in [0.2, 0.25) is 5.91 Å². The number of aromatic nitrogens is 2. The van der Waals surface area contributed by atoms with Crippen LogP contribution in [0.25, 0.3) is 11.3 Å². The summed E-state index contributed by atoms with van der Waals surface area (Å²) in [5.41, 5.74) is 0.880. The van der Waals surface area contributed by atoms with E-state index in [0.29, 0.717) is 35.3 Å². The van der Waals surface area contributed by atoms with Gasteiger partial charge in [-0.05, 0) is 80.1 Å². The van der Waals surface area contributed by atoms with Crippen LogP contribution in [-0.4, -0.2) is 48.0 Å². The number of halogens is 4. The van der Waals surface area contributed by atoms with Gasteiger partial charge in [-0.2, -0.15) is 13.2 Å². The second kappa shape index (κ2) is 12.5. The largest absolute Gasteiger partial charge is 0.416 e. The third kappa shape index (κ3) is 6.58. The summed E-state index contributed by atoms with van der Waals surface area (Å²) in [6.45, 7) is 1.60. The third-order valence-corrected chi connectivity index (χ3v) is 7.66. The molecule has 1 atom stereocenters. The van der Waals surface area contributed by atoms with Gasteiger partial charge in [-0.15, -0.1) is 0 Å². The third-order valence-electron chi connectivity index (χ3n) is 7.66. The van der Waals surface area contributed by atoms with Gasteiger partial charge >= 0.3 is 6.18 Å². The topological polar surface area (TPSA) is 108 Å². The molecule has 5 rings (SSSR count). The standard InChI is InChI=1S/C32H30F4N6O3/c1-18(37-2)29(43)40-28-31(45)42(27(16-39-28)20-5-4-6-22(13-20)30(44)38-3)17-19-11-23(32(34,35)36)15-25(12-19)41-10-9-21-14-24(33)7-8-26(21)41/h4-8,11-16,18,37H,9-10,17H2,1-3H3,(H,38,44)(H,39,40,43). The van der Waals surface area contributed by atoms with Gasteiger partial charge in [-0.1, -0.05) is 12.1 Å². The van der Waals surface area contributed by atoms with Crippen molar-refractivity contribution in [3.8, 4) is 11.3 Å². The lowest BCUT2D eigenvalue weighted by Gasteiger charge is -2.23. The summed E-state index contributed by atoms with van der Waals surface area (Å²) in [7, 11) is 3.04. The van der Waals surface area contributed by atoms with Crippen LogP contribution in [0.15, 0.2) is 71.7 Å². The lowest BCUT2D eigenvalue weighted by atomic mass is 10.1. The number of amides is 2. The minimum atomic E-state index is -4.70. The van der Waals surface area contributed by atoms with Crippen LogP contribution in [0.4, 0.5) is 34.8 Å². The number of nitrogens with zero attached hydrogens (tertiary/aromatic N) is 3. The zero-order chi connectivity index (χ0) is 32.5. The molecule has 13 heteroatoms. The number of carbonyl (C=O) groups excluding carboxylic acids is 2. The molecule has 0 spiro atoms. The molecule has 0 fully saturated rings. The Hall–Kier alpha value is -5.04. The molecule has 0 bridgehead atoms. The number of carbonyl (C=O) groups is 2. The molecule has 0 aliphatic carbocycles. The Bertz CT molecular complexity index is 1840. The highest BCUT2D eigenvalue weighted by atomic mass is 19.4. The van der Waals surface area contributed by atoms with E-state index in [1.165, 1.54) is 42.1 Å². The van der Waals surface area contributed by atoms with Crippen LogP contribution in [0.5, 0.6) is 0 Å². The van der Waals surface area contributed by atoms with Gasteiger partial charge in [0, 0.05) is 36.1 Å². The summed E-state index contributed by atoms with van der Waals surface area (Å²) < 4.78 is 57.6. The Morgan fingerprint density at radius 1 is 1.04 bits per heavy atom. The van der Waals surface area contributed by atoms with Gasteiger partial charge in [0.25, 0.3) is 11.5 Å². The Labute approximate surface area is 255 Å². The number of hydrogen-bond acceptors (Lipinski definition) is 6. The van der Waals surface area contributed by atoms with E-state index in [1.807, 2.05) is 0 Å². The van der Waals surface area contributed by atoms with Crippen molar-refractivity contribution in [3.05, 3.63) is 105 Å². The molecule has 45 heavy (non-hydrogen) atoms. The first-order valence-corrected chi connectivity index (χ1v) is 14.1. The quantitative estimate of drug-likeness (QED) is 0.246. The summed E-state index contributed by atoms with van der Waals surface area (Å²) in [5.74, 6) is -1.65. The van der Waals surface area contributed by atoms with Gasteiger partial charge in [-0.3, -0.25) is 19.0 Å². The monoisotopic (exact) mass is 622 g/mol. The zero-order valence-corrected chi connectivity index (χ0v) is 24.6. The van der Waals surface area contributed by atoms with Crippen molar-refractivity contribution in [3.63, 3.8) is 0 Å². The molecule has 0 saturated carbocycles. The fourth-order valence-corrected chi connectivity index (χ4v) is 5.19. The molecule has 4 aromatic rings. The van der Waals surface area contributed by atoms with Gasteiger partial charge in [-0.25, -0.2) is 9.37 Å². The zero-order valence-electron chi connectivity index (χ0n) is 24.6. The minimum Gasteiger partial charge on any atom is -0.355 e. The molecule has 234 valence electrons. The van der Waals surface area contributed by atoms with Crippen LogP contribution in [0.1, 0.15) is 34.0 Å². The summed E-state index contributed by atoms with van der Waals surface area (Å²) in [6.07, 6.45) is -2.93. The summed E-state index contributed by atoms with van der Waals surface area (Å²) in [6, 6.07) is 13.4. The smallest absolute Gasteiger partial charge is 0.355 e. The number of nitrogens with one attached hydrogen (secondary N) is 3. The maximum absolute atomic E-state index is 14.2. The fraction of sp³-hybridized carbons (Fsp3) is 0.250. The molecule has 0 radical (unpaired) electrons. The molecule has 3 N–H and O–H groups in total. The van der Waals surface area contributed by atoms with Crippen LogP contribution in [0.3, 0.4) is 0 Å². The van der Waals surface area contributed by atoms with E-state index in [2.05, 4.69) is 20.9 Å². The summed E-state index contributed by atoms with van der Waals surface area (Å²) >= 11 is 0. The normalized spacial score (nSPS) is 13.4. The van der Waals surface area contributed by atoms with E-state index in [1.54, 1.807) is 43.1 Å². The fourth-order valence-electron chi connectivity index (χ4n) is 5.19. The maximum atomic E-state index is 14.2. The van der Waals surface area contributed by atoms with Crippen LogP contribution >= 0.6 is 0 Å². The minimum absolute atomic E-state index is 0.147. The molecule has 1 aliphatic rings. The highest BCUT2D eigenvalue weighted by Crippen LogP contribution is 2.39. The van der Waals surface area contributed by atoms with Crippen molar-refractivity contribution < 1.29 is 27.2 Å². The Balaban J connectivity index is 1.65. The number of anilines is 3. The van der Waals surface area contributed by atoms with E-state index in [9.17, 15) is 31.9 Å². The van der Waals surface area contributed by atoms with E-state index >= 15 is 0 Å². The molecule has 1 aliphatic heterocycles. The predicted molar refractivity (Wildman–Crippen MR) is 162 cm³/mol. The SMILES string of the molecule is CNC(=O)c1cccc(-c2cnc(NC(=O)C(C)NC)c(=O)n2Cc2cc(N3CCc4cc(F)ccc43)cc(C(F)(F)F)c2)c1.